The molecule has 0 radical (unpaired) electrons. The summed E-state index contributed by atoms with van der Waals surface area (Å²) in [4.78, 5) is 26.1. The van der Waals surface area contributed by atoms with Crippen molar-refractivity contribution in [2.75, 3.05) is 6.54 Å². The Morgan fingerprint density at radius 1 is 1.24 bits per heavy atom. The Balaban J connectivity index is 1.68. The highest BCUT2D eigenvalue weighted by Crippen LogP contribution is 2.35. The minimum atomic E-state index is -0.437. The summed E-state index contributed by atoms with van der Waals surface area (Å²) in [5.74, 6) is -0.0195. The van der Waals surface area contributed by atoms with E-state index >= 15 is 0 Å². The maximum atomic E-state index is 12.9. The van der Waals surface area contributed by atoms with Crippen molar-refractivity contribution < 1.29 is 14.0 Å². The second-order valence-corrected chi connectivity index (χ2v) is 5.91. The second-order valence-electron chi connectivity index (χ2n) is 5.91. The molecule has 0 aromatic heterocycles. The van der Waals surface area contributed by atoms with Crippen LogP contribution in [0.15, 0.2) is 24.3 Å². The number of rotatable bonds is 4. The topological polar surface area (TPSA) is 49.4 Å². The molecule has 112 valence electrons. The van der Waals surface area contributed by atoms with Gasteiger partial charge in [-0.1, -0.05) is 12.1 Å². The van der Waals surface area contributed by atoms with Crippen molar-refractivity contribution in [1.82, 2.24) is 10.2 Å². The molecule has 0 spiro atoms. The molecule has 1 N–H and O–H groups in total. The molecule has 1 heterocycles. The van der Waals surface area contributed by atoms with Gasteiger partial charge in [0.05, 0.1) is 0 Å². The van der Waals surface area contributed by atoms with Gasteiger partial charge in [0.1, 0.15) is 17.9 Å². The number of carbonyl (C=O) groups excluding carboxylic acids is 2. The van der Waals surface area contributed by atoms with Crippen molar-refractivity contribution in [2.24, 2.45) is 5.92 Å². The number of nitrogens with zero attached hydrogens (tertiary/aromatic N) is 1. The van der Waals surface area contributed by atoms with Gasteiger partial charge in [-0.05, 0) is 49.8 Å². The van der Waals surface area contributed by atoms with Gasteiger partial charge >= 0.3 is 0 Å². The third-order valence-electron chi connectivity index (χ3n) is 4.34. The molecule has 1 saturated carbocycles. The maximum Gasteiger partial charge on any atom is 0.246 e. The predicted molar refractivity (Wildman–Crippen MR) is 75.9 cm³/mol. The lowest BCUT2D eigenvalue weighted by Crippen LogP contribution is -2.63. The highest BCUT2D eigenvalue weighted by atomic mass is 19.1. The summed E-state index contributed by atoms with van der Waals surface area (Å²) in [7, 11) is 0. The second kappa shape index (κ2) is 5.47. The monoisotopic (exact) mass is 290 g/mol. The summed E-state index contributed by atoms with van der Waals surface area (Å²) in [5.41, 5.74) is 0.963. The highest BCUT2D eigenvalue weighted by Gasteiger charge is 2.45. The van der Waals surface area contributed by atoms with E-state index < -0.39 is 6.04 Å². The Labute approximate surface area is 123 Å². The van der Waals surface area contributed by atoms with Gasteiger partial charge in [0.15, 0.2) is 0 Å². The largest absolute Gasteiger partial charge is 0.342 e. The van der Waals surface area contributed by atoms with E-state index in [9.17, 15) is 14.0 Å². The fraction of sp³-hybridized carbons (Fsp3) is 0.500. The number of halogens is 1. The van der Waals surface area contributed by atoms with Crippen molar-refractivity contribution in [3.63, 3.8) is 0 Å². The third-order valence-corrected chi connectivity index (χ3v) is 4.34. The molecule has 2 unspecified atom stereocenters. The van der Waals surface area contributed by atoms with Gasteiger partial charge in [-0.25, -0.2) is 4.39 Å². The molecule has 1 aromatic carbocycles. The first kappa shape index (κ1) is 14.0. The minimum Gasteiger partial charge on any atom is -0.342 e. The first-order valence-corrected chi connectivity index (χ1v) is 7.41. The standard InChI is InChI=1S/C16H19FN2O2/c1-10-15(20)18-14(12-4-5-12)16(21)19(10)9-8-11-2-6-13(17)7-3-11/h2-3,6-7,10,12,14H,4-5,8-9H2,1H3,(H,18,20). The van der Waals surface area contributed by atoms with Gasteiger partial charge in [-0.3, -0.25) is 9.59 Å². The molecule has 2 aliphatic rings. The number of benzene rings is 1. The van der Waals surface area contributed by atoms with E-state index in [1.165, 1.54) is 12.1 Å². The molecular weight excluding hydrogens is 271 g/mol. The van der Waals surface area contributed by atoms with E-state index in [0.717, 1.165) is 18.4 Å². The molecule has 5 heteroatoms. The molecule has 1 saturated heterocycles. The molecule has 2 fully saturated rings. The summed E-state index contributed by atoms with van der Waals surface area (Å²) in [5, 5.41) is 2.83. The highest BCUT2D eigenvalue weighted by molar-refractivity contribution is 5.97. The fourth-order valence-electron chi connectivity index (χ4n) is 2.80. The Bertz CT molecular complexity index is 554. The molecule has 1 aliphatic heterocycles. The number of hydrogen-bond acceptors (Lipinski definition) is 2. The van der Waals surface area contributed by atoms with Crippen molar-refractivity contribution in [1.29, 1.82) is 0 Å². The Morgan fingerprint density at radius 2 is 1.90 bits per heavy atom. The minimum absolute atomic E-state index is 0.0201. The first-order chi connectivity index (χ1) is 10.1. The van der Waals surface area contributed by atoms with Gasteiger partial charge in [-0.15, -0.1) is 0 Å². The van der Waals surface area contributed by atoms with E-state index in [-0.39, 0.29) is 23.7 Å². The Kier molecular flexibility index (Phi) is 3.66. The van der Waals surface area contributed by atoms with Crippen LogP contribution in [0.25, 0.3) is 0 Å². The number of amides is 2. The van der Waals surface area contributed by atoms with Crippen LogP contribution in [-0.2, 0) is 16.0 Å². The third kappa shape index (κ3) is 2.91. The smallest absolute Gasteiger partial charge is 0.246 e. The van der Waals surface area contributed by atoms with Crippen molar-refractivity contribution in [3.8, 4) is 0 Å². The molecule has 1 aliphatic carbocycles. The fourth-order valence-corrected chi connectivity index (χ4v) is 2.80. The first-order valence-electron chi connectivity index (χ1n) is 7.41. The summed E-state index contributed by atoms with van der Waals surface area (Å²) in [6.07, 6.45) is 2.65. The Hall–Kier alpha value is -1.91. The van der Waals surface area contributed by atoms with Crippen LogP contribution in [-0.4, -0.2) is 35.3 Å². The molecule has 0 bridgehead atoms. The zero-order chi connectivity index (χ0) is 15.0. The molecule has 1 aromatic rings. The van der Waals surface area contributed by atoms with Gasteiger partial charge in [0.2, 0.25) is 11.8 Å². The quantitative estimate of drug-likeness (QED) is 0.913. The van der Waals surface area contributed by atoms with Crippen LogP contribution in [0.1, 0.15) is 25.3 Å². The van der Waals surface area contributed by atoms with Gasteiger partial charge in [0.25, 0.3) is 0 Å². The number of nitrogens with one attached hydrogen (secondary N) is 1. The lowest BCUT2D eigenvalue weighted by Gasteiger charge is -2.37. The van der Waals surface area contributed by atoms with E-state index in [0.29, 0.717) is 18.9 Å². The molecule has 21 heavy (non-hydrogen) atoms. The van der Waals surface area contributed by atoms with Crippen LogP contribution < -0.4 is 5.32 Å². The molecule has 3 rings (SSSR count). The number of hydrogen-bond donors (Lipinski definition) is 1. The zero-order valence-corrected chi connectivity index (χ0v) is 12.0. The number of piperazine rings is 1. The average Bonchev–Trinajstić information content (AvgIpc) is 3.29. The molecule has 4 nitrogen and oxygen atoms in total. The van der Waals surface area contributed by atoms with Crippen molar-refractivity contribution >= 4 is 11.8 Å². The summed E-state index contributed by atoms with van der Waals surface area (Å²) in [6, 6.07) is 5.47. The maximum absolute atomic E-state index is 12.9. The van der Waals surface area contributed by atoms with E-state index in [4.69, 9.17) is 0 Å². The lowest BCUT2D eigenvalue weighted by molar-refractivity contribution is -0.149. The van der Waals surface area contributed by atoms with Gasteiger partial charge in [0, 0.05) is 6.54 Å². The van der Waals surface area contributed by atoms with Crippen molar-refractivity contribution in [2.45, 2.75) is 38.3 Å². The average molecular weight is 290 g/mol. The van der Waals surface area contributed by atoms with Crippen LogP contribution in [0, 0.1) is 11.7 Å². The van der Waals surface area contributed by atoms with Crippen LogP contribution in [0.4, 0.5) is 4.39 Å². The van der Waals surface area contributed by atoms with Crippen molar-refractivity contribution in [3.05, 3.63) is 35.6 Å². The Morgan fingerprint density at radius 3 is 2.52 bits per heavy atom. The summed E-state index contributed by atoms with van der Waals surface area (Å²) >= 11 is 0. The predicted octanol–water partition coefficient (Wildman–Crippen LogP) is 1.49. The molecule has 2 amide bonds. The van der Waals surface area contributed by atoms with Gasteiger partial charge in [-0.2, -0.15) is 0 Å². The SMILES string of the molecule is CC1C(=O)NC(C2CC2)C(=O)N1CCc1ccc(F)cc1. The van der Waals surface area contributed by atoms with Crippen LogP contribution in [0.5, 0.6) is 0 Å². The molecule has 2 atom stereocenters. The van der Waals surface area contributed by atoms with E-state index in [2.05, 4.69) is 5.32 Å². The van der Waals surface area contributed by atoms with Crippen LogP contribution in [0.3, 0.4) is 0 Å². The lowest BCUT2D eigenvalue weighted by atomic mass is 10.0. The summed E-state index contributed by atoms with van der Waals surface area (Å²) in [6.45, 7) is 2.24. The van der Waals surface area contributed by atoms with E-state index in [1.807, 2.05) is 0 Å². The van der Waals surface area contributed by atoms with Crippen LogP contribution >= 0.6 is 0 Å². The van der Waals surface area contributed by atoms with Crippen LogP contribution in [0.2, 0.25) is 0 Å². The number of carbonyl (C=O) groups is 2. The van der Waals surface area contributed by atoms with E-state index in [1.54, 1.807) is 24.0 Å². The van der Waals surface area contributed by atoms with Gasteiger partial charge < -0.3 is 10.2 Å². The summed E-state index contributed by atoms with van der Waals surface area (Å²) < 4.78 is 12.9. The molecular formula is C16H19FN2O2. The zero-order valence-electron chi connectivity index (χ0n) is 12.0. The normalized spacial score (nSPS) is 25.9.